The van der Waals surface area contributed by atoms with Crippen LogP contribution in [-0.2, 0) is 4.79 Å². The molecule has 4 N–H and O–H groups in total. The highest BCUT2D eigenvalue weighted by Crippen LogP contribution is 1.68. The van der Waals surface area contributed by atoms with E-state index >= 15 is 0 Å². The smallest absolute Gasteiger partial charge is 0.300 e. The zero-order valence-electron chi connectivity index (χ0n) is 7.71. The van der Waals surface area contributed by atoms with E-state index in [0.717, 1.165) is 20.0 Å². The first-order chi connectivity index (χ1) is 5.50. The average molecular weight is 174 g/mol. The third-order valence-electron chi connectivity index (χ3n) is 0.755. The number of nitrogens with one attached hydrogen (secondary N) is 1. The summed E-state index contributed by atoms with van der Waals surface area (Å²) in [6.07, 6.45) is 1.82. The van der Waals surface area contributed by atoms with Crippen molar-refractivity contribution >= 4 is 5.97 Å². The Hall–Kier alpha value is -0.870. The predicted molar refractivity (Wildman–Crippen MR) is 50.0 cm³/mol. The molecule has 0 heterocycles. The van der Waals surface area contributed by atoms with Crippen LogP contribution in [0.3, 0.4) is 0 Å². The summed E-state index contributed by atoms with van der Waals surface area (Å²) in [6, 6.07) is 0.245. The van der Waals surface area contributed by atoms with Crippen molar-refractivity contribution in [3.05, 3.63) is 12.7 Å². The monoisotopic (exact) mass is 174 g/mol. The van der Waals surface area contributed by atoms with Gasteiger partial charge in [-0.1, -0.05) is 6.08 Å². The molecular formula is C8H18N2O2. The number of carboxylic acids is 1. The fraction of sp³-hybridized carbons (Fsp3) is 0.625. The fourth-order valence-corrected chi connectivity index (χ4v) is 0.413. The van der Waals surface area contributed by atoms with Crippen LogP contribution in [0.5, 0.6) is 0 Å². The number of carboxylic acid groups (broad SMARTS) is 1. The highest BCUT2D eigenvalue weighted by molar-refractivity contribution is 5.62. The Kier molecular flexibility index (Phi) is 11.6. The minimum Gasteiger partial charge on any atom is -0.481 e. The van der Waals surface area contributed by atoms with E-state index in [1.54, 1.807) is 0 Å². The molecule has 12 heavy (non-hydrogen) atoms. The van der Waals surface area contributed by atoms with E-state index in [4.69, 9.17) is 15.6 Å². The van der Waals surface area contributed by atoms with Crippen LogP contribution in [0.15, 0.2) is 12.7 Å². The number of rotatable bonds is 4. The van der Waals surface area contributed by atoms with E-state index in [9.17, 15) is 0 Å². The zero-order chi connectivity index (χ0) is 9.98. The molecular weight excluding hydrogens is 156 g/mol. The second kappa shape index (κ2) is 10.1. The summed E-state index contributed by atoms with van der Waals surface area (Å²) < 4.78 is 0. The van der Waals surface area contributed by atoms with Gasteiger partial charge < -0.3 is 16.2 Å². The minimum atomic E-state index is -0.833. The van der Waals surface area contributed by atoms with Crippen molar-refractivity contribution in [3.8, 4) is 0 Å². The van der Waals surface area contributed by atoms with E-state index in [1.807, 2.05) is 13.0 Å². The fourth-order valence-electron chi connectivity index (χ4n) is 0.413. The quantitative estimate of drug-likeness (QED) is 0.420. The molecule has 0 aromatic rings. The summed E-state index contributed by atoms with van der Waals surface area (Å²) in [5, 5.41) is 10.5. The van der Waals surface area contributed by atoms with Crippen LogP contribution in [-0.4, -0.2) is 30.2 Å². The average Bonchev–Trinajstić information content (AvgIpc) is 1.86. The number of hydrogen-bond acceptors (Lipinski definition) is 3. The molecule has 0 bridgehead atoms. The van der Waals surface area contributed by atoms with E-state index in [1.165, 1.54) is 0 Å². The number of carbonyl (C=O) groups is 1. The Morgan fingerprint density at radius 3 is 2.50 bits per heavy atom. The number of aliphatic carboxylic acids is 1. The van der Waals surface area contributed by atoms with Gasteiger partial charge in [-0.15, -0.1) is 6.58 Å². The molecule has 4 heteroatoms. The Morgan fingerprint density at radius 1 is 1.83 bits per heavy atom. The summed E-state index contributed by atoms with van der Waals surface area (Å²) in [4.78, 5) is 9.00. The summed E-state index contributed by atoms with van der Waals surface area (Å²) >= 11 is 0. The second-order valence-electron chi connectivity index (χ2n) is 2.44. The van der Waals surface area contributed by atoms with Gasteiger partial charge >= 0.3 is 0 Å². The van der Waals surface area contributed by atoms with Gasteiger partial charge in [0.2, 0.25) is 0 Å². The van der Waals surface area contributed by atoms with Crippen LogP contribution in [0.25, 0.3) is 0 Å². The van der Waals surface area contributed by atoms with E-state index in [0.29, 0.717) is 0 Å². The van der Waals surface area contributed by atoms with Crippen molar-refractivity contribution in [2.24, 2.45) is 5.73 Å². The molecule has 0 aromatic carbocycles. The first-order valence-electron chi connectivity index (χ1n) is 3.77. The van der Waals surface area contributed by atoms with Gasteiger partial charge in [-0.2, -0.15) is 0 Å². The Morgan fingerprint density at radius 2 is 2.25 bits per heavy atom. The Balaban J connectivity index is 0. The molecule has 0 radical (unpaired) electrons. The largest absolute Gasteiger partial charge is 0.481 e. The number of hydrogen-bond donors (Lipinski definition) is 3. The SMILES string of the molecule is C=CCNCC(C)N.CC(=O)O. The van der Waals surface area contributed by atoms with Crippen LogP contribution >= 0.6 is 0 Å². The molecule has 4 nitrogen and oxygen atoms in total. The standard InChI is InChI=1S/C6H14N2.C2H4O2/c1-3-4-8-5-6(2)7;1-2(3)4/h3,6,8H,1,4-5,7H2,2H3;1H3,(H,3,4). The maximum atomic E-state index is 9.00. The lowest BCUT2D eigenvalue weighted by molar-refractivity contribution is -0.134. The summed E-state index contributed by atoms with van der Waals surface area (Å²) in [7, 11) is 0. The van der Waals surface area contributed by atoms with Gasteiger partial charge in [-0.3, -0.25) is 4.79 Å². The molecule has 0 aromatic heterocycles. The van der Waals surface area contributed by atoms with Gasteiger partial charge in [0, 0.05) is 26.1 Å². The minimum absolute atomic E-state index is 0.245. The van der Waals surface area contributed by atoms with Crippen LogP contribution in [0, 0.1) is 0 Å². The highest BCUT2D eigenvalue weighted by Gasteiger charge is 1.87. The number of nitrogens with two attached hydrogens (primary N) is 1. The first-order valence-corrected chi connectivity index (χ1v) is 3.77. The molecule has 0 rings (SSSR count). The lowest BCUT2D eigenvalue weighted by Gasteiger charge is -2.02. The van der Waals surface area contributed by atoms with Crippen molar-refractivity contribution in [2.45, 2.75) is 19.9 Å². The lowest BCUT2D eigenvalue weighted by atomic mass is 10.4. The lowest BCUT2D eigenvalue weighted by Crippen LogP contribution is -2.30. The molecule has 0 spiro atoms. The Bertz CT molecular complexity index is 120. The van der Waals surface area contributed by atoms with Gasteiger partial charge in [0.25, 0.3) is 5.97 Å². The van der Waals surface area contributed by atoms with Gasteiger partial charge in [0.05, 0.1) is 0 Å². The third kappa shape index (κ3) is 35.4. The maximum absolute atomic E-state index is 9.00. The summed E-state index contributed by atoms with van der Waals surface area (Å²) in [6.45, 7) is 8.32. The first kappa shape index (κ1) is 13.7. The summed E-state index contributed by atoms with van der Waals surface area (Å²) in [5.41, 5.74) is 5.44. The van der Waals surface area contributed by atoms with E-state index in [-0.39, 0.29) is 6.04 Å². The summed E-state index contributed by atoms with van der Waals surface area (Å²) in [5.74, 6) is -0.833. The topological polar surface area (TPSA) is 75.3 Å². The molecule has 0 amide bonds. The second-order valence-corrected chi connectivity index (χ2v) is 2.44. The molecule has 1 atom stereocenters. The molecule has 1 unspecified atom stereocenters. The molecule has 72 valence electrons. The Labute approximate surface area is 73.5 Å². The zero-order valence-corrected chi connectivity index (χ0v) is 7.71. The van der Waals surface area contributed by atoms with Crippen molar-refractivity contribution in [2.75, 3.05) is 13.1 Å². The van der Waals surface area contributed by atoms with Crippen molar-refractivity contribution in [3.63, 3.8) is 0 Å². The van der Waals surface area contributed by atoms with Crippen LogP contribution in [0.2, 0.25) is 0 Å². The molecule has 0 aliphatic heterocycles. The van der Waals surface area contributed by atoms with E-state index in [2.05, 4.69) is 11.9 Å². The van der Waals surface area contributed by atoms with Gasteiger partial charge in [-0.25, -0.2) is 0 Å². The molecule has 0 fully saturated rings. The normalized spacial score (nSPS) is 10.9. The third-order valence-corrected chi connectivity index (χ3v) is 0.755. The van der Waals surface area contributed by atoms with E-state index < -0.39 is 5.97 Å². The van der Waals surface area contributed by atoms with Crippen LogP contribution in [0.4, 0.5) is 0 Å². The maximum Gasteiger partial charge on any atom is 0.300 e. The van der Waals surface area contributed by atoms with Crippen LogP contribution < -0.4 is 11.1 Å². The van der Waals surface area contributed by atoms with Crippen LogP contribution in [0.1, 0.15) is 13.8 Å². The predicted octanol–water partition coefficient (Wildman–Crippen LogP) is 0.200. The molecule has 0 saturated carbocycles. The highest BCUT2D eigenvalue weighted by atomic mass is 16.4. The van der Waals surface area contributed by atoms with Gasteiger partial charge in [0.1, 0.15) is 0 Å². The molecule has 0 aliphatic rings. The molecule has 0 saturated heterocycles. The van der Waals surface area contributed by atoms with Crippen molar-refractivity contribution < 1.29 is 9.90 Å². The molecule has 0 aliphatic carbocycles. The van der Waals surface area contributed by atoms with Gasteiger partial charge in [0.15, 0.2) is 0 Å². The van der Waals surface area contributed by atoms with Crippen molar-refractivity contribution in [1.29, 1.82) is 0 Å². The van der Waals surface area contributed by atoms with Crippen molar-refractivity contribution in [1.82, 2.24) is 5.32 Å². The van der Waals surface area contributed by atoms with Gasteiger partial charge in [-0.05, 0) is 6.92 Å².